The van der Waals surface area contributed by atoms with Crippen molar-refractivity contribution in [3.05, 3.63) is 41.9 Å². The molecule has 3 heterocycles. The lowest BCUT2D eigenvalue weighted by molar-refractivity contribution is -0.141. The van der Waals surface area contributed by atoms with Crippen molar-refractivity contribution < 1.29 is 13.2 Å². The highest BCUT2D eigenvalue weighted by molar-refractivity contribution is 7.99. The van der Waals surface area contributed by atoms with E-state index < -0.39 is 11.9 Å². The second-order valence-corrected chi connectivity index (χ2v) is 6.19. The van der Waals surface area contributed by atoms with E-state index in [2.05, 4.69) is 15.3 Å². The van der Waals surface area contributed by atoms with Crippen LogP contribution in [0.5, 0.6) is 0 Å². The van der Waals surface area contributed by atoms with Crippen LogP contribution >= 0.6 is 11.8 Å². The lowest BCUT2D eigenvalue weighted by Gasteiger charge is -2.10. The van der Waals surface area contributed by atoms with Gasteiger partial charge in [0.15, 0.2) is 5.65 Å². The van der Waals surface area contributed by atoms with Crippen LogP contribution in [0.4, 0.5) is 18.9 Å². The maximum atomic E-state index is 12.9. The molecule has 0 saturated heterocycles. The van der Waals surface area contributed by atoms with Gasteiger partial charge in [-0.25, -0.2) is 9.97 Å². The number of aromatic nitrogens is 3. The van der Waals surface area contributed by atoms with Crippen LogP contribution in [-0.4, -0.2) is 20.4 Å². The Morgan fingerprint density at radius 3 is 2.78 bits per heavy atom. The maximum Gasteiger partial charge on any atom is 0.433 e. The molecule has 0 spiro atoms. The zero-order valence-corrected chi connectivity index (χ0v) is 12.8. The number of anilines is 1. The molecule has 0 unspecified atom stereocenters. The highest BCUT2D eigenvalue weighted by atomic mass is 32.2. The van der Waals surface area contributed by atoms with Gasteiger partial charge in [-0.05, 0) is 37.3 Å². The molecule has 3 aromatic rings. The fourth-order valence-corrected chi connectivity index (χ4v) is 3.53. The van der Waals surface area contributed by atoms with E-state index in [0.29, 0.717) is 11.3 Å². The molecular weight excluding hydrogens is 325 g/mol. The van der Waals surface area contributed by atoms with E-state index in [-0.39, 0.29) is 5.65 Å². The first-order valence-electron chi connectivity index (χ1n) is 6.88. The number of halogens is 3. The monoisotopic (exact) mass is 336 g/mol. The molecule has 0 amide bonds. The first-order chi connectivity index (χ1) is 10.9. The fourth-order valence-electron chi connectivity index (χ4n) is 2.64. The summed E-state index contributed by atoms with van der Waals surface area (Å²) in [7, 11) is 0. The van der Waals surface area contributed by atoms with Crippen molar-refractivity contribution in [2.45, 2.75) is 18.0 Å². The Morgan fingerprint density at radius 2 is 2.00 bits per heavy atom. The van der Waals surface area contributed by atoms with Crippen LogP contribution in [0.1, 0.15) is 11.5 Å². The van der Waals surface area contributed by atoms with Crippen LogP contribution < -0.4 is 5.32 Å². The number of nitrogens with zero attached hydrogens (tertiary/aromatic N) is 3. The number of nitrogens with one attached hydrogen (secondary N) is 1. The normalized spacial score (nSPS) is 14.1. The standard InChI is InChI=1S/C15H11F3N4S/c1-8-20-11-4-5-13(15(16,17)18)21-14(11)22(8)9-2-3-10-12(6-9)23-7-19-10/h2-6,19H,7H2,1H3. The fraction of sp³-hybridized carbons (Fsp3) is 0.200. The molecule has 4 nitrogen and oxygen atoms in total. The molecule has 1 aromatic carbocycles. The molecule has 2 aromatic heterocycles. The van der Waals surface area contributed by atoms with Crippen LogP contribution in [0.25, 0.3) is 16.9 Å². The van der Waals surface area contributed by atoms with Crippen LogP contribution in [-0.2, 0) is 6.18 Å². The zero-order valence-electron chi connectivity index (χ0n) is 12.0. The van der Waals surface area contributed by atoms with Gasteiger partial charge >= 0.3 is 6.18 Å². The number of alkyl halides is 3. The van der Waals surface area contributed by atoms with E-state index in [9.17, 15) is 13.2 Å². The molecule has 1 N–H and O–H groups in total. The summed E-state index contributed by atoms with van der Waals surface area (Å²) in [5, 5.41) is 3.23. The van der Waals surface area contributed by atoms with E-state index in [1.54, 1.807) is 23.3 Å². The Morgan fingerprint density at radius 1 is 1.17 bits per heavy atom. The summed E-state index contributed by atoms with van der Waals surface area (Å²) in [6, 6.07) is 8.04. The minimum Gasteiger partial charge on any atom is -0.375 e. The lowest BCUT2D eigenvalue weighted by atomic mass is 10.2. The minimum absolute atomic E-state index is 0.216. The quantitative estimate of drug-likeness (QED) is 0.722. The number of rotatable bonds is 1. The zero-order chi connectivity index (χ0) is 16.2. The summed E-state index contributed by atoms with van der Waals surface area (Å²) in [4.78, 5) is 9.17. The SMILES string of the molecule is Cc1nc2ccc(C(F)(F)F)nc2n1-c1ccc2c(c1)SCN2. The van der Waals surface area contributed by atoms with E-state index in [1.807, 2.05) is 18.2 Å². The van der Waals surface area contributed by atoms with Crippen molar-refractivity contribution >= 4 is 28.6 Å². The average molecular weight is 336 g/mol. The largest absolute Gasteiger partial charge is 0.433 e. The molecule has 8 heteroatoms. The number of imidazole rings is 1. The Kier molecular flexibility index (Phi) is 3.06. The van der Waals surface area contributed by atoms with Crippen LogP contribution in [0.3, 0.4) is 0 Å². The van der Waals surface area contributed by atoms with E-state index in [4.69, 9.17) is 0 Å². The maximum absolute atomic E-state index is 12.9. The molecule has 23 heavy (non-hydrogen) atoms. The van der Waals surface area contributed by atoms with Gasteiger partial charge in [0.05, 0.1) is 11.6 Å². The number of benzene rings is 1. The first kappa shape index (κ1) is 14.4. The van der Waals surface area contributed by atoms with Gasteiger partial charge in [-0.1, -0.05) is 0 Å². The van der Waals surface area contributed by atoms with Gasteiger partial charge in [-0.2, -0.15) is 13.2 Å². The predicted molar refractivity (Wildman–Crippen MR) is 83.0 cm³/mol. The Balaban J connectivity index is 1.93. The lowest BCUT2D eigenvalue weighted by Crippen LogP contribution is -2.08. The summed E-state index contributed by atoms with van der Waals surface area (Å²) in [6.07, 6.45) is -4.48. The third-order valence-corrected chi connectivity index (χ3v) is 4.61. The summed E-state index contributed by atoms with van der Waals surface area (Å²) in [5.41, 5.74) is 1.54. The number of aryl methyl sites for hydroxylation is 1. The molecule has 118 valence electrons. The second kappa shape index (κ2) is 4.89. The van der Waals surface area contributed by atoms with Crippen molar-refractivity contribution in [3.63, 3.8) is 0 Å². The topological polar surface area (TPSA) is 42.7 Å². The average Bonchev–Trinajstić information content (AvgIpc) is 3.07. The van der Waals surface area contributed by atoms with Gasteiger partial charge in [0.25, 0.3) is 0 Å². The predicted octanol–water partition coefficient (Wildman–Crippen LogP) is 4.22. The van der Waals surface area contributed by atoms with Crippen molar-refractivity contribution in [3.8, 4) is 5.69 Å². The van der Waals surface area contributed by atoms with Gasteiger partial charge < -0.3 is 5.32 Å². The first-order valence-corrected chi connectivity index (χ1v) is 7.86. The third kappa shape index (κ3) is 2.33. The summed E-state index contributed by atoms with van der Waals surface area (Å²) < 4.78 is 40.5. The van der Waals surface area contributed by atoms with Crippen molar-refractivity contribution in [1.82, 2.24) is 14.5 Å². The van der Waals surface area contributed by atoms with Crippen LogP contribution in [0, 0.1) is 6.92 Å². The second-order valence-electron chi connectivity index (χ2n) is 5.18. The highest BCUT2D eigenvalue weighted by Crippen LogP contribution is 2.36. The van der Waals surface area contributed by atoms with Crippen molar-refractivity contribution in [2.75, 3.05) is 11.2 Å². The van der Waals surface area contributed by atoms with Crippen molar-refractivity contribution in [1.29, 1.82) is 0 Å². The van der Waals surface area contributed by atoms with Gasteiger partial charge in [0.1, 0.15) is 17.0 Å². The van der Waals surface area contributed by atoms with Gasteiger partial charge in [0, 0.05) is 10.6 Å². The van der Waals surface area contributed by atoms with Crippen LogP contribution in [0.15, 0.2) is 35.2 Å². The molecule has 0 atom stereocenters. The van der Waals surface area contributed by atoms with Gasteiger partial charge in [-0.3, -0.25) is 4.57 Å². The number of hydrogen-bond donors (Lipinski definition) is 1. The van der Waals surface area contributed by atoms with E-state index >= 15 is 0 Å². The molecule has 4 rings (SSSR count). The number of hydrogen-bond acceptors (Lipinski definition) is 4. The molecule has 0 radical (unpaired) electrons. The molecular formula is C15H11F3N4S. The number of pyridine rings is 1. The molecule has 1 aliphatic rings. The number of fused-ring (bicyclic) bond motifs is 2. The van der Waals surface area contributed by atoms with E-state index in [1.165, 1.54) is 6.07 Å². The smallest absolute Gasteiger partial charge is 0.375 e. The minimum atomic E-state index is -4.48. The summed E-state index contributed by atoms with van der Waals surface area (Å²) in [6.45, 7) is 1.76. The molecule has 1 aliphatic heterocycles. The Hall–Kier alpha value is -2.22. The molecule has 0 fully saturated rings. The molecule has 0 aliphatic carbocycles. The van der Waals surface area contributed by atoms with Gasteiger partial charge in [-0.15, -0.1) is 11.8 Å². The Bertz CT molecular complexity index is 917. The third-order valence-electron chi connectivity index (χ3n) is 3.68. The molecule has 0 saturated carbocycles. The molecule has 0 bridgehead atoms. The van der Waals surface area contributed by atoms with Gasteiger partial charge in [0.2, 0.25) is 0 Å². The highest BCUT2D eigenvalue weighted by Gasteiger charge is 2.33. The summed E-state index contributed by atoms with van der Waals surface area (Å²) in [5.74, 6) is 1.39. The van der Waals surface area contributed by atoms with Crippen molar-refractivity contribution in [2.24, 2.45) is 0 Å². The van der Waals surface area contributed by atoms with Crippen LogP contribution in [0.2, 0.25) is 0 Å². The number of thioether (sulfide) groups is 1. The van der Waals surface area contributed by atoms with E-state index in [0.717, 1.165) is 28.2 Å². The Labute approximate surface area is 133 Å². The summed E-state index contributed by atoms with van der Waals surface area (Å²) >= 11 is 1.65.